The molecule has 6 nitrogen and oxygen atoms in total. The van der Waals surface area contributed by atoms with Crippen molar-refractivity contribution in [2.75, 3.05) is 36.5 Å². The maximum Gasteiger partial charge on any atom is 0.410 e. The minimum atomic E-state index is -0.492. The van der Waals surface area contributed by atoms with Gasteiger partial charge in [-0.25, -0.2) is 4.79 Å². The lowest BCUT2D eigenvalue weighted by molar-refractivity contribution is -0.118. The Kier molecular flexibility index (Phi) is 4.41. The molecule has 7 heteroatoms. The number of benzene rings is 1. The maximum atomic E-state index is 12.6. The van der Waals surface area contributed by atoms with Gasteiger partial charge in [-0.1, -0.05) is 15.9 Å². The number of ether oxygens (including phenoxy) is 1. The fourth-order valence-electron chi connectivity index (χ4n) is 4.53. The lowest BCUT2D eigenvalue weighted by atomic mass is 9.89. The number of likely N-dealkylation sites (tertiary alicyclic amines) is 1. The van der Waals surface area contributed by atoms with Crippen molar-refractivity contribution in [2.45, 2.75) is 51.2 Å². The standard InChI is InChI=1S/C20H26BrN3O3/c1-20(2,3)27-19(26)23-7-5-15-14(11-23)13-9-12(21)10-16-18(13)24(15)8-6-17(25)22(16)4/h9-10,14-15H,5-8,11H2,1-4H3/t14-,15-/m0/s1. The molecule has 0 bridgehead atoms. The van der Waals surface area contributed by atoms with Gasteiger partial charge >= 0.3 is 6.09 Å². The van der Waals surface area contributed by atoms with E-state index in [0.717, 1.165) is 28.8 Å². The molecule has 0 spiro atoms. The van der Waals surface area contributed by atoms with Crippen molar-refractivity contribution < 1.29 is 14.3 Å². The minimum Gasteiger partial charge on any atom is -0.444 e. The van der Waals surface area contributed by atoms with E-state index in [1.807, 2.05) is 38.8 Å². The van der Waals surface area contributed by atoms with Crippen LogP contribution in [0.4, 0.5) is 16.2 Å². The normalized spacial score (nSPS) is 24.5. The third-order valence-electron chi connectivity index (χ3n) is 5.70. The Labute approximate surface area is 168 Å². The highest BCUT2D eigenvalue weighted by atomic mass is 79.9. The van der Waals surface area contributed by atoms with E-state index in [0.29, 0.717) is 25.6 Å². The summed E-state index contributed by atoms with van der Waals surface area (Å²) in [6.45, 7) is 7.75. The molecule has 2 amide bonds. The highest BCUT2D eigenvalue weighted by molar-refractivity contribution is 9.10. The minimum absolute atomic E-state index is 0.146. The van der Waals surface area contributed by atoms with Gasteiger partial charge in [0.05, 0.1) is 11.4 Å². The largest absolute Gasteiger partial charge is 0.444 e. The summed E-state index contributed by atoms with van der Waals surface area (Å²) >= 11 is 3.61. The Morgan fingerprint density at radius 1 is 1.26 bits per heavy atom. The SMILES string of the molecule is CN1C(=O)CCN2c3c(cc(Br)cc31)[C@@H]1CN(C(=O)OC(C)(C)C)CC[C@@H]12. The van der Waals surface area contributed by atoms with Crippen LogP contribution in [0.5, 0.6) is 0 Å². The van der Waals surface area contributed by atoms with Crippen LogP contribution in [0.25, 0.3) is 0 Å². The van der Waals surface area contributed by atoms with Gasteiger partial charge in [0.2, 0.25) is 5.91 Å². The van der Waals surface area contributed by atoms with Crippen molar-refractivity contribution in [2.24, 2.45) is 0 Å². The van der Waals surface area contributed by atoms with Crippen molar-refractivity contribution in [1.29, 1.82) is 0 Å². The Morgan fingerprint density at radius 3 is 2.70 bits per heavy atom. The third-order valence-corrected chi connectivity index (χ3v) is 6.16. The molecular formula is C20H26BrN3O3. The highest BCUT2D eigenvalue weighted by Crippen LogP contribution is 2.51. The molecule has 3 aliphatic rings. The van der Waals surface area contributed by atoms with Gasteiger partial charge in [-0.15, -0.1) is 0 Å². The van der Waals surface area contributed by atoms with E-state index >= 15 is 0 Å². The van der Waals surface area contributed by atoms with E-state index in [4.69, 9.17) is 4.74 Å². The van der Waals surface area contributed by atoms with Crippen LogP contribution in [-0.4, -0.2) is 55.2 Å². The van der Waals surface area contributed by atoms with Crippen molar-refractivity contribution in [3.05, 3.63) is 22.2 Å². The fraction of sp³-hybridized carbons (Fsp3) is 0.600. The van der Waals surface area contributed by atoms with E-state index in [2.05, 4.69) is 26.9 Å². The van der Waals surface area contributed by atoms with Crippen LogP contribution >= 0.6 is 15.9 Å². The van der Waals surface area contributed by atoms with E-state index in [1.165, 1.54) is 5.56 Å². The Morgan fingerprint density at radius 2 is 2.00 bits per heavy atom. The predicted molar refractivity (Wildman–Crippen MR) is 108 cm³/mol. The summed E-state index contributed by atoms with van der Waals surface area (Å²) in [4.78, 5) is 31.0. The topological polar surface area (TPSA) is 53.1 Å². The van der Waals surface area contributed by atoms with Gasteiger partial charge in [0.1, 0.15) is 5.60 Å². The molecule has 0 aliphatic carbocycles. The van der Waals surface area contributed by atoms with Crippen molar-refractivity contribution >= 4 is 39.3 Å². The molecule has 0 saturated carbocycles. The first kappa shape index (κ1) is 18.6. The third kappa shape index (κ3) is 3.20. The number of fused-ring (bicyclic) bond motifs is 3. The zero-order chi connectivity index (χ0) is 19.5. The number of nitrogens with zero attached hydrogens (tertiary/aromatic N) is 3. The van der Waals surface area contributed by atoms with Gasteiger partial charge in [0, 0.05) is 49.5 Å². The number of hydrogen-bond donors (Lipinski definition) is 0. The van der Waals surface area contributed by atoms with E-state index in [-0.39, 0.29) is 17.9 Å². The molecule has 1 aromatic rings. The first-order valence-corrected chi connectivity index (χ1v) is 10.3. The van der Waals surface area contributed by atoms with Crippen LogP contribution in [0, 0.1) is 0 Å². The molecule has 0 radical (unpaired) electrons. The molecule has 1 aromatic carbocycles. The molecule has 2 atom stereocenters. The molecule has 146 valence electrons. The van der Waals surface area contributed by atoms with Crippen LogP contribution in [0.3, 0.4) is 0 Å². The van der Waals surface area contributed by atoms with Gasteiger partial charge in [-0.05, 0) is 44.9 Å². The van der Waals surface area contributed by atoms with Gasteiger partial charge in [0.25, 0.3) is 0 Å². The van der Waals surface area contributed by atoms with E-state index < -0.39 is 5.60 Å². The van der Waals surface area contributed by atoms with Crippen molar-refractivity contribution in [3.8, 4) is 0 Å². The van der Waals surface area contributed by atoms with Crippen LogP contribution in [0.15, 0.2) is 16.6 Å². The van der Waals surface area contributed by atoms with Gasteiger partial charge in [-0.2, -0.15) is 0 Å². The first-order chi connectivity index (χ1) is 12.7. The summed E-state index contributed by atoms with van der Waals surface area (Å²) in [5.41, 5.74) is 2.85. The fourth-order valence-corrected chi connectivity index (χ4v) is 4.99. The summed E-state index contributed by atoms with van der Waals surface area (Å²) < 4.78 is 6.55. The number of carbonyl (C=O) groups is 2. The quantitative estimate of drug-likeness (QED) is 0.622. The average Bonchev–Trinajstić information content (AvgIpc) is 2.83. The number of piperidine rings is 1. The summed E-state index contributed by atoms with van der Waals surface area (Å²) in [6, 6.07) is 4.50. The molecule has 3 aliphatic heterocycles. The first-order valence-electron chi connectivity index (χ1n) is 9.50. The molecule has 0 N–H and O–H groups in total. The smallest absolute Gasteiger partial charge is 0.410 e. The lowest BCUT2D eigenvalue weighted by Crippen LogP contribution is -2.49. The number of halogens is 1. The zero-order valence-corrected chi connectivity index (χ0v) is 17.9. The molecule has 4 rings (SSSR count). The summed E-state index contributed by atoms with van der Waals surface area (Å²) in [6.07, 6.45) is 1.16. The molecular weight excluding hydrogens is 410 g/mol. The van der Waals surface area contributed by atoms with Crippen LogP contribution in [-0.2, 0) is 9.53 Å². The average molecular weight is 436 g/mol. The number of amides is 2. The highest BCUT2D eigenvalue weighted by Gasteiger charge is 2.46. The monoisotopic (exact) mass is 435 g/mol. The zero-order valence-electron chi connectivity index (χ0n) is 16.3. The van der Waals surface area contributed by atoms with Crippen LogP contribution < -0.4 is 9.80 Å². The second-order valence-corrected chi connectivity index (χ2v) is 9.56. The Hall–Kier alpha value is -1.76. The van der Waals surface area contributed by atoms with Gasteiger partial charge in [0.15, 0.2) is 0 Å². The summed E-state index contributed by atoms with van der Waals surface area (Å²) in [5.74, 6) is 0.381. The molecule has 1 saturated heterocycles. The number of hydrogen-bond acceptors (Lipinski definition) is 4. The second kappa shape index (κ2) is 6.40. The maximum absolute atomic E-state index is 12.6. The van der Waals surface area contributed by atoms with E-state index in [1.54, 1.807) is 4.90 Å². The van der Waals surface area contributed by atoms with E-state index in [9.17, 15) is 9.59 Å². The second-order valence-electron chi connectivity index (χ2n) is 8.65. The number of rotatable bonds is 0. The van der Waals surface area contributed by atoms with Crippen LogP contribution in [0.1, 0.15) is 45.1 Å². The molecule has 27 heavy (non-hydrogen) atoms. The number of anilines is 2. The Balaban J connectivity index is 1.69. The van der Waals surface area contributed by atoms with Gasteiger partial charge in [-0.3, -0.25) is 4.79 Å². The molecule has 3 heterocycles. The van der Waals surface area contributed by atoms with Gasteiger partial charge < -0.3 is 19.4 Å². The molecule has 0 aromatic heterocycles. The summed E-state index contributed by atoms with van der Waals surface area (Å²) in [5, 5.41) is 0. The van der Waals surface area contributed by atoms with Crippen molar-refractivity contribution in [3.63, 3.8) is 0 Å². The molecule has 1 fully saturated rings. The van der Waals surface area contributed by atoms with Crippen molar-refractivity contribution in [1.82, 2.24) is 4.90 Å². The Bertz CT molecular complexity index is 804. The predicted octanol–water partition coefficient (Wildman–Crippen LogP) is 3.73. The molecule has 0 unspecified atom stereocenters. The number of carbonyl (C=O) groups excluding carboxylic acids is 2. The summed E-state index contributed by atoms with van der Waals surface area (Å²) in [7, 11) is 1.85. The lowest BCUT2D eigenvalue weighted by Gasteiger charge is -2.39. The van der Waals surface area contributed by atoms with Crippen LogP contribution in [0.2, 0.25) is 0 Å².